The zero-order valence-corrected chi connectivity index (χ0v) is 18.3. The molecule has 1 aliphatic carbocycles. The van der Waals surface area contributed by atoms with Gasteiger partial charge in [-0.25, -0.2) is 4.98 Å². The highest BCUT2D eigenvalue weighted by molar-refractivity contribution is 7.15. The first-order valence-corrected chi connectivity index (χ1v) is 12.0. The first kappa shape index (κ1) is 18.6. The topological polar surface area (TPSA) is 40.9 Å². The average molecular weight is 421 g/mol. The van der Waals surface area contributed by atoms with Crippen molar-refractivity contribution in [2.45, 2.75) is 45.7 Å². The van der Waals surface area contributed by atoms with Crippen LogP contribution < -0.4 is 0 Å². The Bertz CT molecular complexity index is 1110. The van der Waals surface area contributed by atoms with Gasteiger partial charge >= 0.3 is 0 Å². The minimum absolute atomic E-state index is 0.255. The summed E-state index contributed by atoms with van der Waals surface area (Å²) in [6, 6.07) is 8.58. The molecule has 1 atom stereocenters. The van der Waals surface area contributed by atoms with Crippen molar-refractivity contribution in [2.24, 2.45) is 11.3 Å². The van der Waals surface area contributed by atoms with Crippen molar-refractivity contribution in [3.63, 3.8) is 0 Å². The molecule has 1 unspecified atom stereocenters. The molecule has 2 aliphatic heterocycles. The highest BCUT2D eigenvalue weighted by Crippen LogP contribution is 2.60. The van der Waals surface area contributed by atoms with Crippen LogP contribution in [0.1, 0.15) is 41.8 Å². The van der Waals surface area contributed by atoms with E-state index in [4.69, 9.17) is 0 Å². The van der Waals surface area contributed by atoms with E-state index in [1.807, 2.05) is 0 Å². The van der Waals surface area contributed by atoms with E-state index < -0.39 is 0 Å². The number of piperidine rings is 1. The van der Waals surface area contributed by atoms with Gasteiger partial charge < -0.3 is 4.90 Å². The minimum atomic E-state index is 0.255. The Kier molecular flexibility index (Phi) is 4.29. The third kappa shape index (κ3) is 3.00. The molecule has 3 aliphatic rings. The number of thiazole rings is 1. The molecule has 2 aromatic heterocycles. The summed E-state index contributed by atoms with van der Waals surface area (Å²) in [6.45, 7) is 6.93. The summed E-state index contributed by atoms with van der Waals surface area (Å²) in [6.07, 6.45) is 6.53. The molecule has 1 amide bonds. The molecular formula is C24H28N4OS. The van der Waals surface area contributed by atoms with Gasteiger partial charge in [-0.2, -0.15) is 0 Å². The molecule has 2 fully saturated rings. The number of likely N-dealkylation sites (tertiary alicyclic amines) is 1. The zero-order valence-electron chi connectivity index (χ0n) is 17.5. The first-order chi connectivity index (χ1) is 14.6. The number of hydrogen-bond donors (Lipinski definition) is 0. The number of imidazole rings is 1. The van der Waals surface area contributed by atoms with E-state index >= 15 is 0 Å². The number of benzene rings is 1. The van der Waals surface area contributed by atoms with Crippen LogP contribution in [0.3, 0.4) is 0 Å². The van der Waals surface area contributed by atoms with Crippen LogP contribution in [0.4, 0.5) is 0 Å². The van der Waals surface area contributed by atoms with E-state index in [0.29, 0.717) is 5.91 Å². The van der Waals surface area contributed by atoms with Gasteiger partial charge in [0.25, 0.3) is 0 Å². The molecule has 156 valence electrons. The average Bonchev–Trinajstić information content (AvgIpc) is 3.12. The standard InChI is InChI=1S/C24H28N4OS/c1-17-21(28-12-13-30-23(28)25-17)16-26-10-7-24(8-11-26)14-20(24)22(29)27-9-6-18-4-2-3-5-19(18)15-27/h2-5,12-13,20H,6-11,14-16H2,1H3. The second-order valence-electron chi connectivity index (χ2n) is 9.37. The maximum atomic E-state index is 13.2. The number of carbonyl (C=O) groups is 1. The monoisotopic (exact) mass is 420 g/mol. The highest BCUT2D eigenvalue weighted by atomic mass is 32.1. The summed E-state index contributed by atoms with van der Waals surface area (Å²) in [5, 5.41) is 2.11. The molecule has 1 saturated heterocycles. The van der Waals surface area contributed by atoms with Gasteiger partial charge in [-0.3, -0.25) is 14.1 Å². The lowest BCUT2D eigenvalue weighted by Crippen LogP contribution is -2.40. The number of aryl methyl sites for hydroxylation is 1. The molecule has 1 spiro atoms. The summed E-state index contributed by atoms with van der Waals surface area (Å²) in [7, 11) is 0. The fourth-order valence-corrected chi connectivity index (χ4v) is 6.43. The SMILES string of the molecule is Cc1nc2sccn2c1CN1CCC2(CC1)CC2C(=O)N1CCc2ccccc2C1. The molecule has 6 heteroatoms. The lowest BCUT2D eigenvalue weighted by Gasteiger charge is -2.34. The third-order valence-electron chi connectivity index (χ3n) is 7.72. The van der Waals surface area contributed by atoms with Crippen LogP contribution in [0.15, 0.2) is 35.8 Å². The van der Waals surface area contributed by atoms with Crippen molar-refractivity contribution < 1.29 is 4.79 Å². The number of carbonyl (C=O) groups excluding carboxylic acids is 1. The molecule has 3 aromatic rings. The summed E-state index contributed by atoms with van der Waals surface area (Å²) in [4.78, 5) is 23.7. The molecule has 0 radical (unpaired) electrons. The number of hydrogen-bond acceptors (Lipinski definition) is 4. The predicted molar refractivity (Wildman–Crippen MR) is 118 cm³/mol. The Labute approximate surface area is 181 Å². The fraction of sp³-hybridized carbons (Fsp3) is 0.500. The molecule has 30 heavy (non-hydrogen) atoms. The Balaban J connectivity index is 1.08. The van der Waals surface area contributed by atoms with E-state index in [9.17, 15) is 4.79 Å². The second kappa shape index (κ2) is 6.92. The molecule has 1 aromatic carbocycles. The summed E-state index contributed by atoms with van der Waals surface area (Å²) >= 11 is 1.70. The maximum absolute atomic E-state index is 13.2. The highest BCUT2D eigenvalue weighted by Gasteiger charge is 2.59. The van der Waals surface area contributed by atoms with E-state index in [-0.39, 0.29) is 11.3 Å². The molecule has 0 N–H and O–H groups in total. The molecule has 1 saturated carbocycles. The Hall–Kier alpha value is -2.18. The molecule has 5 nitrogen and oxygen atoms in total. The van der Waals surface area contributed by atoms with Crippen molar-refractivity contribution in [1.29, 1.82) is 0 Å². The largest absolute Gasteiger partial charge is 0.338 e. The number of fused-ring (bicyclic) bond motifs is 2. The molecular weight excluding hydrogens is 392 g/mol. The third-order valence-corrected chi connectivity index (χ3v) is 8.47. The van der Waals surface area contributed by atoms with Crippen LogP contribution in [0.25, 0.3) is 4.96 Å². The lowest BCUT2D eigenvalue weighted by atomic mass is 9.90. The minimum Gasteiger partial charge on any atom is -0.338 e. The normalized spacial score (nSPS) is 23.1. The van der Waals surface area contributed by atoms with Gasteiger partial charge in [0.15, 0.2) is 4.96 Å². The van der Waals surface area contributed by atoms with Crippen molar-refractivity contribution in [1.82, 2.24) is 19.2 Å². The summed E-state index contributed by atoms with van der Waals surface area (Å²) < 4.78 is 2.24. The van der Waals surface area contributed by atoms with Gasteiger partial charge in [0, 0.05) is 37.1 Å². The van der Waals surface area contributed by atoms with Crippen molar-refractivity contribution in [3.05, 3.63) is 58.4 Å². The van der Waals surface area contributed by atoms with E-state index in [1.54, 1.807) is 11.3 Å². The van der Waals surface area contributed by atoms with Crippen LogP contribution in [-0.4, -0.2) is 44.7 Å². The summed E-state index contributed by atoms with van der Waals surface area (Å²) in [5.74, 6) is 0.662. The Morgan fingerprint density at radius 2 is 2.00 bits per heavy atom. The van der Waals surface area contributed by atoms with Crippen LogP contribution in [0, 0.1) is 18.3 Å². The van der Waals surface area contributed by atoms with Gasteiger partial charge in [0.05, 0.1) is 11.4 Å². The first-order valence-electron chi connectivity index (χ1n) is 11.1. The zero-order chi connectivity index (χ0) is 20.3. The van der Waals surface area contributed by atoms with Gasteiger partial charge in [-0.15, -0.1) is 11.3 Å². The van der Waals surface area contributed by atoms with Gasteiger partial charge in [-0.1, -0.05) is 24.3 Å². The van der Waals surface area contributed by atoms with E-state index in [0.717, 1.165) is 69.1 Å². The lowest BCUT2D eigenvalue weighted by molar-refractivity contribution is -0.134. The van der Waals surface area contributed by atoms with Crippen LogP contribution in [0.2, 0.25) is 0 Å². The Morgan fingerprint density at radius 1 is 1.20 bits per heavy atom. The van der Waals surface area contributed by atoms with E-state index in [1.165, 1.54) is 16.8 Å². The van der Waals surface area contributed by atoms with Gasteiger partial charge in [0.2, 0.25) is 5.91 Å². The maximum Gasteiger partial charge on any atom is 0.226 e. The van der Waals surface area contributed by atoms with Crippen molar-refractivity contribution >= 4 is 22.2 Å². The molecule has 6 rings (SSSR count). The Morgan fingerprint density at radius 3 is 2.83 bits per heavy atom. The number of aromatic nitrogens is 2. The number of amides is 1. The van der Waals surface area contributed by atoms with Crippen LogP contribution >= 0.6 is 11.3 Å². The second-order valence-corrected chi connectivity index (χ2v) is 10.2. The number of rotatable bonds is 3. The number of nitrogens with zero attached hydrogens (tertiary/aromatic N) is 4. The van der Waals surface area contributed by atoms with Crippen LogP contribution in [-0.2, 0) is 24.3 Å². The summed E-state index contributed by atoms with van der Waals surface area (Å²) in [5.41, 5.74) is 5.48. The van der Waals surface area contributed by atoms with Crippen molar-refractivity contribution in [3.8, 4) is 0 Å². The fourth-order valence-electron chi connectivity index (χ4n) is 5.65. The van der Waals surface area contributed by atoms with Crippen molar-refractivity contribution in [2.75, 3.05) is 19.6 Å². The van der Waals surface area contributed by atoms with E-state index in [2.05, 4.69) is 62.0 Å². The smallest absolute Gasteiger partial charge is 0.226 e. The van der Waals surface area contributed by atoms with Gasteiger partial charge in [-0.05, 0) is 62.2 Å². The quantitative estimate of drug-likeness (QED) is 0.645. The predicted octanol–water partition coefficient (Wildman–Crippen LogP) is 3.89. The van der Waals surface area contributed by atoms with Gasteiger partial charge in [0.1, 0.15) is 0 Å². The molecule has 0 bridgehead atoms. The molecule has 4 heterocycles. The van der Waals surface area contributed by atoms with Crippen LogP contribution in [0.5, 0.6) is 0 Å².